The summed E-state index contributed by atoms with van der Waals surface area (Å²) in [5, 5.41) is 9.41. The van der Waals surface area contributed by atoms with Gasteiger partial charge in [0.25, 0.3) is 0 Å². The van der Waals surface area contributed by atoms with E-state index in [1.54, 1.807) is 19.9 Å². The number of hydrogen-bond donors (Lipinski definition) is 2. The van der Waals surface area contributed by atoms with Crippen LogP contribution >= 0.6 is 0 Å². The highest BCUT2D eigenvalue weighted by atomic mass is 19.1. The van der Waals surface area contributed by atoms with Gasteiger partial charge in [-0.05, 0) is 44.2 Å². The highest BCUT2D eigenvalue weighted by Crippen LogP contribution is 2.22. The first kappa shape index (κ1) is 19.3. The van der Waals surface area contributed by atoms with Crippen molar-refractivity contribution < 1.29 is 22.7 Å². The van der Waals surface area contributed by atoms with Gasteiger partial charge in [0.1, 0.15) is 11.6 Å². The maximum Gasteiger partial charge on any atom is 0.323 e. The summed E-state index contributed by atoms with van der Waals surface area (Å²) in [6.07, 6.45) is 0. The molecule has 0 unspecified atom stereocenters. The molecule has 0 saturated heterocycles. The van der Waals surface area contributed by atoms with Gasteiger partial charge in [-0.1, -0.05) is 6.07 Å². The van der Waals surface area contributed by atoms with E-state index in [-0.39, 0.29) is 12.5 Å². The molecule has 1 heterocycles. The first-order chi connectivity index (χ1) is 13.3. The van der Waals surface area contributed by atoms with E-state index in [4.69, 9.17) is 4.74 Å². The molecule has 28 heavy (non-hydrogen) atoms. The molecule has 0 atom stereocenters. The third kappa shape index (κ3) is 4.43. The second-order valence-electron chi connectivity index (χ2n) is 5.98. The predicted molar refractivity (Wildman–Crippen MR) is 97.7 cm³/mol. The minimum atomic E-state index is -0.825. The molecule has 0 radical (unpaired) electrons. The van der Waals surface area contributed by atoms with Crippen LogP contribution in [0.1, 0.15) is 11.4 Å². The minimum Gasteiger partial charge on any atom is -0.468 e. The molecule has 0 spiro atoms. The van der Waals surface area contributed by atoms with Crippen molar-refractivity contribution >= 4 is 17.4 Å². The van der Waals surface area contributed by atoms with Gasteiger partial charge in [0.15, 0.2) is 18.3 Å². The fraction of sp³-hybridized carbons (Fsp3) is 0.158. The van der Waals surface area contributed by atoms with Gasteiger partial charge in [0.05, 0.1) is 17.1 Å². The van der Waals surface area contributed by atoms with Gasteiger partial charge in [-0.25, -0.2) is 22.6 Å². The lowest BCUT2D eigenvalue weighted by Gasteiger charge is -2.10. The van der Waals surface area contributed by atoms with Crippen LogP contribution in [0, 0.1) is 31.3 Å². The zero-order valence-corrected chi connectivity index (χ0v) is 15.1. The molecule has 6 nitrogen and oxygen atoms in total. The van der Waals surface area contributed by atoms with Gasteiger partial charge in [-0.15, -0.1) is 0 Å². The summed E-state index contributed by atoms with van der Waals surface area (Å²) < 4.78 is 46.6. The maximum atomic E-state index is 13.7. The van der Waals surface area contributed by atoms with Crippen LogP contribution in [0.4, 0.5) is 29.3 Å². The van der Waals surface area contributed by atoms with E-state index in [0.717, 1.165) is 12.1 Å². The molecular formula is C19H17F3N4O2. The largest absolute Gasteiger partial charge is 0.468 e. The van der Waals surface area contributed by atoms with Gasteiger partial charge in [-0.2, -0.15) is 5.10 Å². The van der Waals surface area contributed by atoms with Crippen LogP contribution in [0.5, 0.6) is 5.75 Å². The molecule has 2 N–H and O–H groups in total. The normalized spacial score (nSPS) is 10.6. The standard InChI is InChI=1S/C19H17F3N4O2/c1-11-18(24-19(27)23-15-5-3-4-13(20)8-15)12(2)26(25-11)10-28-17-7-6-14(21)9-16(17)22/h3-9H,10H2,1-2H3,(H2,23,24,27). The van der Waals surface area contributed by atoms with Crippen molar-refractivity contribution in [3.63, 3.8) is 0 Å². The number of anilines is 2. The number of halogens is 3. The zero-order valence-electron chi connectivity index (χ0n) is 15.1. The molecule has 2 amide bonds. The van der Waals surface area contributed by atoms with E-state index in [0.29, 0.717) is 22.8 Å². The number of urea groups is 1. The lowest BCUT2D eigenvalue weighted by Crippen LogP contribution is -2.20. The van der Waals surface area contributed by atoms with Gasteiger partial charge >= 0.3 is 6.03 Å². The molecule has 146 valence electrons. The number of benzene rings is 2. The average molecular weight is 390 g/mol. The van der Waals surface area contributed by atoms with Crippen molar-refractivity contribution in [1.82, 2.24) is 9.78 Å². The number of amides is 2. The summed E-state index contributed by atoms with van der Waals surface area (Å²) in [6.45, 7) is 3.24. The Morgan fingerprint density at radius 2 is 1.82 bits per heavy atom. The van der Waals surface area contributed by atoms with Crippen molar-refractivity contribution in [2.75, 3.05) is 10.6 Å². The monoisotopic (exact) mass is 390 g/mol. The number of carbonyl (C=O) groups excluding carboxylic acids is 1. The lowest BCUT2D eigenvalue weighted by molar-refractivity contribution is 0.208. The van der Waals surface area contributed by atoms with Crippen molar-refractivity contribution in [2.45, 2.75) is 20.6 Å². The van der Waals surface area contributed by atoms with Crippen LogP contribution in [-0.4, -0.2) is 15.8 Å². The number of carbonyl (C=O) groups is 1. The summed E-state index contributed by atoms with van der Waals surface area (Å²) >= 11 is 0. The fourth-order valence-corrected chi connectivity index (χ4v) is 2.57. The number of nitrogens with zero attached hydrogens (tertiary/aromatic N) is 2. The first-order valence-corrected chi connectivity index (χ1v) is 8.29. The van der Waals surface area contributed by atoms with Gasteiger partial charge in [0, 0.05) is 11.8 Å². The van der Waals surface area contributed by atoms with E-state index >= 15 is 0 Å². The van der Waals surface area contributed by atoms with Crippen LogP contribution in [0.25, 0.3) is 0 Å². The molecule has 3 aromatic rings. The number of rotatable bonds is 5. The van der Waals surface area contributed by atoms with Crippen molar-refractivity contribution in [1.29, 1.82) is 0 Å². The number of hydrogen-bond acceptors (Lipinski definition) is 3. The second-order valence-corrected chi connectivity index (χ2v) is 5.98. The molecule has 0 fully saturated rings. The minimum absolute atomic E-state index is 0.118. The van der Waals surface area contributed by atoms with Gasteiger partial charge in [0.2, 0.25) is 0 Å². The predicted octanol–water partition coefficient (Wildman–Crippen LogP) is 4.60. The second kappa shape index (κ2) is 8.03. The van der Waals surface area contributed by atoms with Crippen LogP contribution in [0.2, 0.25) is 0 Å². The molecule has 0 bridgehead atoms. The van der Waals surface area contributed by atoms with Crippen molar-refractivity contribution in [3.05, 3.63) is 71.3 Å². The smallest absolute Gasteiger partial charge is 0.323 e. The number of aromatic nitrogens is 2. The van der Waals surface area contributed by atoms with Crippen LogP contribution < -0.4 is 15.4 Å². The molecule has 0 aliphatic carbocycles. The zero-order chi connectivity index (χ0) is 20.3. The van der Waals surface area contributed by atoms with Crippen LogP contribution in [0.3, 0.4) is 0 Å². The molecule has 2 aromatic carbocycles. The SMILES string of the molecule is Cc1nn(COc2ccc(F)cc2F)c(C)c1NC(=O)Nc1cccc(F)c1. The molecule has 0 saturated carbocycles. The summed E-state index contributed by atoms with van der Waals surface area (Å²) in [7, 11) is 0. The molecule has 3 rings (SSSR count). The summed E-state index contributed by atoms with van der Waals surface area (Å²) in [5.41, 5.74) is 1.82. The summed E-state index contributed by atoms with van der Waals surface area (Å²) in [5.74, 6) is -2.11. The van der Waals surface area contributed by atoms with Gasteiger partial charge < -0.3 is 15.4 Å². The van der Waals surface area contributed by atoms with E-state index < -0.39 is 23.5 Å². The fourth-order valence-electron chi connectivity index (χ4n) is 2.57. The number of ether oxygens (including phenoxy) is 1. The van der Waals surface area contributed by atoms with Crippen LogP contribution in [0.15, 0.2) is 42.5 Å². The van der Waals surface area contributed by atoms with Gasteiger partial charge in [-0.3, -0.25) is 0 Å². The Bertz CT molecular complexity index is 1020. The molecule has 1 aromatic heterocycles. The van der Waals surface area contributed by atoms with E-state index in [1.165, 1.54) is 28.9 Å². The van der Waals surface area contributed by atoms with Crippen molar-refractivity contribution in [3.8, 4) is 5.75 Å². The highest BCUT2D eigenvalue weighted by Gasteiger charge is 2.15. The van der Waals surface area contributed by atoms with Crippen LogP contribution in [-0.2, 0) is 6.73 Å². The van der Waals surface area contributed by atoms with E-state index in [9.17, 15) is 18.0 Å². The summed E-state index contributed by atoms with van der Waals surface area (Å²) in [6, 6.07) is 7.91. The van der Waals surface area contributed by atoms with E-state index in [2.05, 4.69) is 15.7 Å². The maximum absolute atomic E-state index is 13.7. The molecular weight excluding hydrogens is 373 g/mol. The Morgan fingerprint density at radius 1 is 1.07 bits per heavy atom. The third-order valence-corrected chi connectivity index (χ3v) is 3.94. The van der Waals surface area contributed by atoms with E-state index in [1.807, 2.05) is 0 Å². The molecule has 0 aliphatic rings. The molecule has 0 aliphatic heterocycles. The lowest BCUT2D eigenvalue weighted by atomic mass is 10.3. The van der Waals surface area contributed by atoms with Crippen molar-refractivity contribution in [2.24, 2.45) is 0 Å². The first-order valence-electron chi connectivity index (χ1n) is 8.29. The molecule has 9 heteroatoms. The third-order valence-electron chi connectivity index (χ3n) is 3.94. The Labute approximate surface area is 158 Å². The Hall–Kier alpha value is -3.49. The average Bonchev–Trinajstić information content (AvgIpc) is 2.88. The number of aryl methyl sites for hydroxylation is 1. The Balaban J connectivity index is 1.68. The number of nitrogens with one attached hydrogen (secondary N) is 2. The highest BCUT2D eigenvalue weighted by molar-refractivity contribution is 6.00. The topological polar surface area (TPSA) is 68.2 Å². The quantitative estimate of drug-likeness (QED) is 0.669. The Kier molecular flexibility index (Phi) is 5.53. The summed E-state index contributed by atoms with van der Waals surface area (Å²) in [4.78, 5) is 12.2. The Morgan fingerprint density at radius 3 is 2.54 bits per heavy atom.